The number of nitrogens with one attached hydrogen (secondary N) is 1. The Hall–Kier alpha value is -2.35. The van der Waals surface area contributed by atoms with Crippen molar-refractivity contribution in [1.82, 2.24) is 5.32 Å². The molecule has 2 heteroatoms. The van der Waals surface area contributed by atoms with E-state index in [9.17, 15) is 0 Å². The van der Waals surface area contributed by atoms with E-state index in [0.29, 0.717) is 6.54 Å². The Bertz CT molecular complexity index is 507. The Morgan fingerprint density at radius 2 is 1.95 bits per heavy atom. The number of benzene rings is 1. The van der Waals surface area contributed by atoms with E-state index < -0.39 is 0 Å². The zero-order chi connectivity index (χ0) is 14.1. The monoisotopic (exact) mass is 252 g/mol. The standard InChI is InChI=1S/C17H20N2/c1-5-14(2)11-17(13-19-12-15(3)18-4)16-9-7-6-8-10-16/h5-11,13,18H,1-3,12H2,4H3/b17-11+,19-13-. The molecule has 1 aromatic rings. The van der Waals surface area contributed by atoms with Crippen LogP contribution in [-0.2, 0) is 0 Å². The van der Waals surface area contributed by atoms with Crippen molar-refractivity contribution in [1.29, 1.82) is 0 Å². The number of rotatable bonds is 7. The Balaban J connectivity index is 2.94. The summed E-state index contributed by atoms with van der Waals surface area (Å²) in [6.45, 7) is 12.0. The maximum atomic E-state index is 4.38. The summed E-state index contributed by atoms with van der Waals surface area (Å²) in [6, 6.07) is 10.1. The molecule has 19 heavy (non-hydrogen) atoms. The quantitative estimate of drug-likeness (QED) is 0.582. The Kier molecular flexibility index (Phi) is 6.10. The summed E-state index contributed by atoms with van der Waals surface area (Å²) < 4.78 is 0. The smallest absolute Gasteiger partial charge is 0.0780 e. The van der Waals surface area contributed by atoms with Crippen molar-refractivity contribution >= 4 is 11.8 Å². The van der Waals surface area contributed by atoms with E-state index in [1.807, 2.05) is 49.7 Å². The summed E-state index contributed by atoms with van der Waals surface area (Å²) in [7, 11) is 1.84. The first kappa shape index (κ1) is 14.7. The molecule has 0 fully saturated rings. The molecule has 0 atom stereocenters. The third-order valence-corrected chi connectivity index (χ3v) is 2.58. The normalized spacial score (nSPS) is 11.3. The molecule has 0 aliphatic heterocycles. The molecule has 0 aromatic heterocycles. The molecule has 0 bridgehead atoms. The van der Waals surface area contributed by atoms with E-state index in [1.165, 1.54) is 0 Å². The summed E-state index contributed by atoms with van der Waals surface area (Å²) in [4.78, 5) is 4.38. The van der Waals surface area contributed by atoms with Gasteiger partial charge in [-0.3, -0.25) is 4.99 Å². The average Bonchev–Trinajstić information content (AvgIpc) is 2.46. The van der Waals surface area contributed by atoms with Crippen LogP contribution in [0.2, 0.25) is 0 Å². The Morgan fingerprint density at radius 1 is 1.26 bits per heavy atom. The van der Waals surface area contributed by atoms with E-state index in [2.05, 4.69) is 30.0 Å². The third-order valence-electron chi connectivity index (χ3n) is 2.58. The van der Waals surface area contributed by atoms with Gasteiger partial charge in [-0.25, -0.2) is 0 Å². The van der Waals surface area contributed by atoms with E-state index in [0.717, 1.165) is 22.4 Å². The molecule has 0 saturated carbocycles. The summed E-state index contributed by atoms with van der Waals surface area (Å²) in [5.41, 5.74) is 3.85. The molecule has 0 saturated heterocycles. The van der Waals surface area contributed by atoms with Crippen LogP contribution >= 0.6 is 0 Å². The molecule has 0 radical (unpaired) electrons. The number of nitrogens with zero attached hydrogens (tertiary/aromatic N) is 1. The largest absolute Gasteiger partial charge is 0.390 e. The average molecular weight is 252 g/mol. The minimum absolute atomic E-state index is 0.557. The second kappa shape index (κ2) is 7.88. The topological polar surface area (TPSA) is 24.4 Å². The van der Waals surface area contributed by atoms with Crippen LogP contribution in [-0.4, -0.2) is 19.8 Å². The number of likely N-dealkylation sites (N-methyl/N-ethyl adjacent to an activating group) is 1. The maximum absolute atomic E-state index is 4.38. The van der Waals surface area contributed by atoms with Gasteiger partial charge in [0.2, 0.25) is 0 Å². The molecule has 0 amide bonds. The lowest BCUT2D eigenvalue weighted by Gasteiger charge is -2.04. The van der Waals surface area contributed by atoms with Crippen LogP contribution in [0.5, 0.6) is 0 Å². The van der Waals surface area contributed by atoms with Crippen molar-refractivity contribution in [3.05, 3.63) is 79.1 Å². The number of hydrogen-bond donors (Lipinski definition) is 1. The van der Waals surface area contributed by atoms with Gasteiger partial charge in [0.15, 0.2) is 0 Å². The molecule has 0 spiro atoms. The molecule has 98 valence electrons. The summed E-state index contributed by atoms with van der Waals surface area (Å²) in [5.74, 6) is 0. The fourth-order valence-electron chi connectivity index (χ4n) is 1.42. The molecule has 1 N–H and O–H groups in total. The molecule has 0 aliphatic rings. The van der Waals surface area contributed by atoms with Gasteiger partial charge in [-0.2, -0.15) is 0 Å². The third kappa shape index (κ3) is 5.21. The van der Waals surface area contributed by atoms with Gasteiger partial charge < -0.3 is 5.32 Å². The van der Waals surface area contributed by atoms with Crippen molar-refractivity contribution in [2.24, 2.45) is 4.99 Å². The van der Waals surface area contributed by atoms with Crippen LogP contribution in [0.4, 0.5) is 0 Å². The highest BCUT2D eigenvalue weighted by Crippen LogP contribution is 2.14. The summed E-state index contributed by atoms with van der Waals surface area (Å²) in [6.07, 6.45) is 5.53. The van der Waals surface area contributed by atoms with Crippen molar-refractivity contribution in [2.45, 2.75) is 0 Å². The predicted octanol–water partition coefficient (Wildman–Crippen LogP) is 3.62. The first-order valence-electron chi connectivity index (χ1n) is 6.11. The van der Waals surface area contributed by atoms with Crippen molar-refractivity contribution < 1.29 is 0 Å². The minimum Gasteiger partial charge on any atom is -0.390 e. The zero-order valence-electron chi connectivity index (χ0n) is 11.4. The summed E-state index contributed by atoms with van der Waals surface area (Å²) in [5, 5.41) is 2.97. The van der Waals surface area contributed by atoms with Crippen molar-refractivity contribution in [3.63, 3.8) is 0 Å². The van der Waals surface area contributed by atoms with Crippen LogP contribution in [0.15, 0.2) is 78.5 Å². The molecule has 1 rings (SSSR count). The Morgan fingerprint density at radius 3 is 2.53 bits per heavy atom. The highest BCUT2D eigenvalue weighted by Gasteiger charge is 1.98. The van der Waals surface area contributed by atoms with Gasteiger partial charge >= 0.3 is 0 Å². The number of allylic oxidation sites excluding steroid dienone is 4. The first-order chi connectivity index (χ1) is 9.17. The van der Waals surface area contributed by atoms with Crippen LogP contribution in [0.1, 0.15) is 5.56 Å². The number of aliphatic imine (C=N–C) groups is 1. The van der Waals surface area contributed by atoms with Gasteiger partial charge in [0, 0.05) is 24.5 Å². The first-order valence-corrected chi connectivity index (χ1v) is 6.11. The zero-order valence-corrected chi connectivity index (χ0v) is 11.4. The van der Waals surface area contributed by atoms with E-state index in [1.54, 1.807) is 6.08 Å². The minimum atomic E-state index is 0.557. The van der Waals surface area contributed by atoms with E-state index in [-0.39, 0.29) is 0 Å². The second-order valence-corrected chi connectivity index (χ2v) is 4.07. The van der Waals surface area contributed by atoms with Gasteiger partial charge in [0.25, 0.3) is 0 Å². The highest BCUT2D eigenvalue weighted by atomic mass is 14.9. The summed E-state index contributed by atoms with van der Waals surface area (Å²) >= 11 is 0. The highest BCUT2D eigenvalue weighted by molar-refractivity contribution is 6.10. The fourth-order valence-corrected chi connectivity index (χ4v) is 1.42. The fraction of sp³-hybridized carbons (Fsp3) is 0.118. The lowest BCUT2D eigenvalue weighted by molar-refractivity contribution is 0.937. The van der Waals surface area contributed by atoms with E-state index >= 15 is 0 Å². The SMILES string of the molecule is C=CC(=C)/C=C(\C=N/CC(=C)NC)c1ccccc1. The molecule has 0 heterocycles. The van der Waals surface area contributed by atoms with Crippen molar-refractivity contribution in [2.75, 3.05) is 13.6 Å². The van der Waals surface area contributed by atoms with Gasteiger partial charge in [-0.05, 0) is 17.2 Å². The van der Waals surface area contributed by atoms with Gasteiger partial charge in [-0.15, -0.1) is 0 Å². The molecule has 1 aromatic carbocycles. The number of hydrogen-bond acceptors (Lipinski definition) is 2. The molecule has 0 aliphatic carbocycles. The van der Waals surface area contributed by atoms with Crippen molar-refractivity contribution in [3.8, 4) is 0 Å². The lowest BCUT2D eigenvalue weighted by Crippen LogP contribution is -2.06. The van der Waals surface area contributed by atoms with Gasteiger partial charge in [-0.1, -0.05) is 56.1 Å². The van der Waals surface area contributed by atoms with E-state index in [4.69, 9.17) is 0 Å². The van der Waals surface area contributed by atoms with Gasteiger partial charge in [0.05, 0.1) is 6.54 Å². The second-order valence-electron chi connectivity index (χ2n) is 4.07. The van der Waals surface area contributed by atoms with Crippen LogP contribution < -0.4 is 5.32 Å². The maximum Gasteiger partial charge on any atom is 0.0780 e. The predicted molar refractivity (Wildman–Crippen MR) is 85.3 cm³/mol. The molecular formula is C17H20N2. The Labute approximate surface area is 115 Å². The van der Waals surface area contributed by atoms with Gasteiger partial charge in [0.1, 0.15) is 0 Å². The molecule has 0 unspecified atom stereocenters. The lowest BCUT2D eigenvalue weighted by atomic mass is 10.0. The van der Waals surface area contributed by atoms with Crippen LogP contribution in [0.3, 0.4) is 0 Å². The van der Waals surface area contributed by atoms with Crippen LogP contribution in [0.25, 0.3) is 5.57 Å². The molecule has 2 nitrogen and oxygen atoms in total. The van der Waals surface area contributed by atoms with Crippen LogP contribution in [0, 0.1) is 0 Å². The molecular weight excluding hydrogens is 232 g/mol.